The number of nitrogens with one attached hydrogen (secondary N) is 1. The van der Waals surface area contributed by atoms with Gasteiger partial charge in [0, 0.05) is 19.0 Å². The van der Waals surface area contributed by atoms with Crippen molar-refractivity contribution in [2.45, 2.75) is 65.5 Å². The van der Waals surface area contributed by atoms with Crippen LogP contribution in [0.1, 0.15) is 53.9 Å². The van der Waals surface area contributed by atoms with Crippen LogP contribution in [0, 0.1) is 5.92 Å². The van der Waals surface area contributed by atoms with E-state index in [1.165, 1.54) is 0 Å². The van der Waals surface area contributed by atoms with E-state index in [4.69, 9.17) is 4.74 Å². The van der Waals surface area contributed by atoms with Crippen molar-refractivity contribution in [1.29, 1.82) is 0 Å². The van der Waals surface area contributed by atoms with Crippen molar-refractivity contribution in [1.82, 2.24) is 10.2 Å². The summed E-state index contributed by atoms with van der Waals surface area (Å²) in [6.45, 7) is 10.9. The molecule has 0 aliphatic carbocycles. The zero-order valence-electron chi connectivity index (χ0n) is 13.4. The molecule has 116 valence electrons. The molecule has 1 aliphatic rings. The van der Waals surface area contributed by atoms with Gasteiger partial charge in [-0.2, -0.15) is 0 Å². The van der Waals surface area contributed by atoms with Crippen LogP contribution in [0.5, 0.6) is 0 Å². The molecule has 1 fully saturated rings. The van der Waals surface area contributed by atoms with Gasteiger partial charge in [0.25, 0.3) is 0 Å². The van der Waals surface area contributed by atoms with Crippen LogP contribution in [0.2, 0.25) is 0 Å². The average molecular weight is 284 g/mol. The average Bonchev–Trinajstić information content (AvgIpc) is 2.76. The van der Waals surface area contributed by atoms with E-state index in [1.807, 2.05) is 39.5 Å². The number of rotatable bonds is 4. The zero-order chi connectivity index (χ0) is 15.3. The minimum Gasteiger partial charge on any atom is -0.444 e. The van der Waals surface area contributed by atoms with Gasteiger partial charge in [-0.1, -0.05) is 13.8 Å². The Balaban J connectivity index is 2.44. The summed E-state index contributed by atoms with van der Waals surface area (Å²) in [4.78, 5) is 25.8. The fourth-order valence-electron chi connectivity index (χ4n) is 2.45. The molecule has 1 heterocycles. The predicted octanol–water partition coefficient (Wildman–Crippen LogP) is 2.55. The Bertz CT molecular complexity index is 346. The van der Waals surface area contributed by atoms with Crippen LogP contribution in [-0.2, 0) is 9.53 Å². The molecular formula is C15H28N2O3. The van der Waals surface area contributed by atoms with E-state index >= 15 is 0 Å². The first-order chi connectivity index (χ1) is 9.26. The number of likely N-dealkylation sites (tertiary alicyclic amines) is 1. The Kier molecular flexibility index (Phi) is 5.84. The number of nitrogens with zero attached hydrogens (tertiary/aromatic N) is 1. The monoisotopic (exact) mass is 284 g/mol. The molecule has 0 aromatic rings. The lowest BCUT2D eigenvalue weighted by Gasteiger charge is -2.23. The first-order valence-corrected chi connectivity index (χ1v) is 7.55. The van der Waals surface area contributed by atoms with E-state index in [0.717, 1.165) is 25.8 Å². The van der Waals surface area contributed by atoms with Crippen molar-refractivity contribution >= 4 is 12.0 Å². The van der Waals surface area contributed by atoms with Gasteiger partial charge in [-0.05, 0) is 40.0 Å². The standard InChI is InChI=1S/C15H28N2O3/c1-6-11(7-2)13(18)17-9-8-12(10-17)16-14(19)20-15(3,4)5/h11-12H,6-10H2,1-5H3,(H,16,19)/t12-/m1/s1. The molecule has 0 aromatic heterocycles. The van der Waals surface area contributed by atoms with E-state index < -0.39 is 11.7 Å². The minimum absolute atomic E-state index is 0.00293. The number of carbonyl (C=O) groups is 2. The topological polar surface area (TPSA) is 58.6 Å². The quantitative estimate of drug-likeness (QED) is 0.863. The molecule has 5 heteroatoms. The Labute approximate surface area is 122 Å². The van der Waals surface area contributed by atoms with Crippen molar-refractivity contribution in [3.8, 4) is 0 Å². The second-order valence-corrected chi connectivity index (χ2v) is 6.43. The first kappa shape index (κ1) is 16.8. The molecule has 2 amide bonds. The molecule has 1 aliphatic heterocycles. The van der Waals surface area contributed by atoms with Crippen molar-refractivity contribution in [3.05, 3.63) is 0 Å². The number of ether oxygens (including phenoxy) is 1. The molecule has 1 rings (SSSR count). The maximum atomic E-state index is 12.2. The van der Waals surface area contributed by atoms with E-state index in [1.54, 1.807) is 0 Å². The number of amides is 2. The van der Waals surface area contributed by atoms with Crippen molar-refractivity contribution in [2.24, 2.45) is 5.92 Å². The lowest BCUT2D eigenvalue weighted by atomic mass is 10.0. The summed E-state index contributed by atoms with van der Waals surface area (Å²) in [6.07, 6.45) is 2.14. The lowest BCUT2D eigenvalue weighted by molar-refractivity contribution is -0.134. The second-order valence-electron chi connectivity index (χ2n) is 6.43. The normalized spacial score (nSPS) is 19.3. The van der Waals surface area contributed by atoms with E-state index in [2.05, 4.69) is 5.32 Å². The summed E-state index contributed by atoms with van der Waals surface area (Å²) in [7, 11) is 0. The molecule has 1 N–H and O–H groups in total. The smallest absolute Gasteiger partial charge is 0.407 e. The molecule has 5 nitrogen and oxygen atoms in total. The highest BCUT2D eigenvalue weighted by atomic mass is 16.6. The molecule has 0 bridgehead atoms. The van der Waals surface area contributed by atoms with Gasteiger partial charge >= 0.3 is 6.09 Å². The Morgan fingerprint density at radius 1 is 1.30 bits per heavy atom. The highest BCUT2D eigenvalue weighted by molar-refractivity contribution is 5.79. The fourth-order valence-corrected chi connectivity index (χ4v) is 2.45. The van der Waals surface area contributed by atoms with Crippen LogP contribution in [0.15, 0.2) is 0 Å². The van der Waals surface area contributed by atoms with Crippen LogP contribution < -0.4 is 5.32 Å². The third-order valence-electron chi connectivity index (χ3n) is 3.56. The maximum Gasteiger partial charge on any atom is 0.407 e. The fraction of sp³-hybridized carbons (Fsp3) is 0.867. The number of alkyl carbamates (subject to hydrolysis) is 1. The van der Waals surface area contributed by atoms with Gasteiger partial charge in [-0.25, -0.2) is 4.79 Å². The first-order valence-electron chi connectivity index (χ1n) is 7.55. The molecule has 0 radical (unpaired) electrons. The van der Waals surface area contributed by atoms with Crippen LogP contribution in [-0.4, -0.2) is 41.6 Å². The van der Waals surface area contributed by atoms with Crippen LogP contribution in [0.4, 0.5) is 4.79 Å². The third kappa shape index (κ3) is 5.02. The molecule has 0 saturated carbocycles. The molecule has 0 unspecified atom stereocenters. The summed E-state index contributed by atoms with van der Waals surface area (Å²) in [5.74, 6) is 0.318. The van der Waals surface area contributed by atoms with Crippen molar-refractivity contribution in [2.75, 3.05) is 13.1 Å². The molecule has 1 saturated heterocycles. The maximum absolute atomic E-state index is 12.2. The Morgan fingerprint density at radius 2 is 1.90 bits per heavy atom. The van der Waals surface area contributed by atoms with Crippen LogP contribution in [0.3, 0.4) is 0 Å². The molecule has 20 heavy (non-hydrogen) atoms. The second kappa shape index (κ2) is 6.95. The van der Waals surface area contributed by atoms with Crippen molar-refractivity contribution in [3.63, 3.8) is 0 Å². The van der Waals surface area contributed by atoms with E-state index in [-0.39, 0.29) is 17.9 Å². The van der Waals surface area contributed by atoms with Gasteiger partial charge in [0.15, 0.2) is 0 Å². The van der Waals surface area contributed by atoms with Gasteiger partial charge in [0.05, 0.1) is 6.04 Å². The van der Waals surface area contributed by atoms with Crippen LogP contribution >= 0.6 is 0 Å². The van der Waals surface area contributed by atoms with Crippen molar-refractivity contribution < 1.29 is 14.3 Å². The summed E-state index contributed by atoms with van der Waals surface area (Å²) >= 11 is 0. The number of hydrogen-bond donors (Lipinski definition) is 1. The molecular weight excluding hydrogens is 256 g/mol. The van der Waals surface area contributed by atoms with E-state index in [0.29, 0.717) is 6.54 Å². The van der Waals surface area contributed by atoms with Gasteiger partial charge in [0.2, 0.25) is 5.91 Å². The lowest BCUT2D eigenvalue weighted by Crippen LogP contribution is -2.42. The summed E-state index contributed by atoms with van der Waals surface area (Å²) < 4.78 is 5.23. The van der Waals surface area contributed by atoms with Gasteiger partial charge in [-0.3, -0.25) is 4.79 Å². The molecule has 0 spiro atoms. The summed E-state index contributed by atoms with van der Waals surface area (Å²) in [6, 6.07) is 0.00293. The largest absolute Gasteiger partial charge is 0.444 e. The van der Waals surface area contributed by atoms with E-state index in [9.17, 15) is 9.59 Å². The predicted molar refractivity (Wildman–Crippen MR) is 78.4 cm³/mol. The SMILES string of the molecule is CCC(CC)C(=O)N1CC[C@@H](NC(=O)OC(C)(C)C)C1. The van der Waals surface area contributed by atoms with Crippen LogP contribution in [0.25, 0.3) is 0 Å². The Hall–Kier alpha value is -1.26. The molecule has 1 atom stereocenters. The zero-order valence-corrected chi connectivity index (χ0v) is 13.4. The Morgan fingerprint density at radius 3 is 2.40 bits per heavy atom. The van der Waals surface area contributed by atoms with Gasteiger partial charge in [0.1, 0.15) is 5.60 Å². The van der Waals surface area contributed by atoms with Gasteiger partial charge in [-0.15, -0.1) is 0 Å². The highest BCUT2D eigenvalue weighted by Gasteiger charge is 2.31. The highest BCUT2D eigenvalue weighted by Crippen LogP contribution is 2.17. The molecule has 0 aromatic carbocycles. The number of hydrogen-bond acceptors (Lipinski definition) is 3. The summed E-state index contributed by atoms with van der Waals surface area (Å²) in [5.41, 5.74) is -0.492. The minimum atomic E-state index is -0.492. The third-order valence-corrected chi connectivity index (χ3v) is 3.56. The number of carbonyl (C=O) groups excluding carboxylic acids is 2. The van der Waals surface area contributed by atoms with Gasteiger partial charge < -0.3 is 15.0 Å². The summed E-state index contributed by atoms with van der Waals surface area (Å²) in [5, 5.41) is 2.84.